The van der Waals surface area contributed by atoms with E-state index in [2.05, 4.69) is 19.1 Å². The van der Waals surface area contributed by atoms with E-state index >= 15 is 0 Å². The van der Waals surface area contributed by atoms with E-state index in [0.29, 0.717) is 11.4 Å². The first kappa shape index (κ1) is 18.2. The van der Waals surface area contributed by atoms with Crippen LogP contribution in [0, 0.1) is 11.7 Å². The quantitative estimate of drug-likeness (QED) is 0.636. The molecule has 0 amide bonds. The molecule has 2 heterocycles. The average molecular weight is 380 g/mol. The van der Waals surface area contributed by atoms with Crippen LogP contribution in [-0.2, 0) is 23.2 Å². The Morgan fingerprint density at radius 3 is 2.96 bits per heavy atom. The van der Waals surface area contributed by atoms with Crippen molar-refractivity contribution in [1.82, 2.24) is 14.3 Å². The summed E-state index contributed by atoms with van der Waals surface area (Å²) in [5.41, 5.74) is 2.26. The number of aryl methyl sites for hydroxylation is 1. The van der Waals surface area contributed by atoms with Gasteiger partial charge in [-0.05, 0) is 24.7 Å². The van der Waals surface area contributed by atoms with Gasteiger partial charge in [0.15, 0.2) is 17.7 Å². The molecule has 0 radical (unpaired) electrons. The van der Waals surface area contributed by atoms with E-state index in [1.165, 1.54) is 17.6 Å². The fourth-order valence-corrected chi connectivity index (χ4v) is 4.52. The molecule has 2 aromatic rings. The first-order valence-electron chi connectivity index (χ1n) is 8.24. The summed E-state index contributed by atoms with van der Waals surface area (Å²) in [7, 11) is 3.40. The number of rotatable bonds is 4. The number of hydrogen-bond donors (Lipinski definition) is 1. The zero-order valence-corrected chi connectivity index (χ0v) is 16.3. The van der Waals surface area contributed by atoms with E-state index in [1.54, 1.807) is 11.8 Å². The van der Waals surface area contributed by atoms with Crippen LogP contribution in [0.3, 0.4) is 0 Å². The molecular weight excluding hydrogens is 356 g/mol. The van der Waals surface area contributed by atoms with Gasteiger partial charge in [0, 0.05) is 18.4 Å². The van der Waals surface area contributed by atoms with Gasteiger partial charge in [-0.2, -0.15) is 4.68 Å². The zero-order chi connectivity index (χ0) is 18.0. The number of ether oxygens (including phenoxy) is 1. The van der Waals surface area contributed by atoms with Gasteiger partial charge in [-0.1, -0.05) is 24.3 Å². The number of nitrogens with one attached hydrogen (secondary N) is 1. The van der Waals surface area contributed by atoms with Gasteiger partial charge in [0.2, 0.25) is 4.77 Å². The Hall–Kier alpha value is -1.64. The van der Waals surface area contributed by atoms with Gasteiger partial charge in [0.1, 0.15) is 6.54 Å². The predicted octanol–water partition coefficient (Wildman–Crippen LogP) is 1.06. The molecule has 1 aromatic carbocycles. The average Bonchev–Trinajstić information content (AvgIpc) is 2.90. The molecule has 25 heavy (non-hydrogen) atoms. The Bertz CT molecular complexity index is 830. The van der Waals surface area contributed by atoms with E-state index in [-0.39, 0.29) is 11.2 Å². The minimum Gasteiger partial charge on any atom is -0.468 e. The molecule has 1 N–H and O–H groups in total. The number of benzene rings is 1. The molecule has 1 saturated heterocycles. The summed E-state index contributed by atoms with van der Waals surface area (Å²) in [6.45, 7) is 4.45. The largest absolute Gasteiger partial charge is 0.468 e. The molecule has 3 rings (SSSR count). The minimum atomic E-state index is -0.146. The number of quaternary nitrogens is 1. The molecule has 1 unspecified atom stereocenters. The molecule has 0 aliphatic carbocycles. The van der Waals surface area contributed by atoms with Crippen LogP contribution < -0.4 is 4.90 Å². The molecule has 1 aliphatic heterocycles. The minimum absolute atomic E-state index is 0.109. The number of methoxy groups -OCH3 is 1. The van der Waals surface area contributed by atoms with Crippen LogP contribution in [0.4, 0.5) is 0 Å². The summed E-state index contributed by atoms with van der Waals surface area (Å²) in [4.78, 5) is 13.1. The highest BCUT2D eigenvalue weighted by Crippen LogP contribution is 2.21. The summed E-state index contributed by atoms with van der Waals surface area (Å²) in [5, 5.41) is 4.65. The van der Waals surface area contributed by atoms with Crippen LogP contribution >= 0.6 is 24.0 Å². The Balaban J connectivity index is 1.82. The monoisotopic (exact) mass is 379 g/mol. The van der Waals surface area contributed by atoms with Crippen LogP contribution in [0.1, 0.15) is 5.56 Å². The van der Waals surface area contributed by atoms with E-state index in [1.807, 2.05) is 28.4 Å². The smallest absolute Gasteiger partial charge is 0.324 e. The number of esters is 1. The van der Waals surface area contributed by atoms with Crippen molar-refractivity contribution < 1.29 is 14.4 Å². The zero-order valence-electron chi connectivity index (χ0n) is 14.7. The third-order valence-electron chi connectivity index (χ3n) is 4.51. The second kappa shape index (κ2) is 7.72. The molecule has 1 aliphatic rings. The van der Waals surface area contributed by atoms with Gasteiger partial charge in [-0.15, -0.1) is 16.9 Å². The Morgan fingerprint density at radius 2 is 2.24 bits per heavy atom. The van der Waals surface area contributed by atoms with Crippen molar-refractivity contribution in [1.29, 1.82) is 0 Å². The fourth-order valence-electron chi connectivity index (χ4n) is 3.06. The van der Waals surface area contributed by atoms with Crippen LogP contribution in [0.15, 0.2) is 24.3 Å². The number of carbonyl (C=O) groups is 1. The van der Waals surface area contributed by atoms with E-state index < -0.39 is 0 Å². The second-order valence-electron chi connectivity index (χ2n) is 6.22. The number of carbonyl (C=O) groups excluding carboxylic acids is 1. The first-order valence-corrected chi connectivity index (χ1v) is 9.69. The lowest BCUT2D eigenvalue weighted by atomic mass is 10.1. The second-order valence-corrected chi connectivity index (χ2v) is 7.90. The van der Waals surface area contributed by atoms with Crippen molar-refractivity contribution in [2.45, 2.75) is 18.8 Å². The maximum Gasteiger partial charge on any atom is 0.324 e. The van der Waals surface area contributed by atoms with Gasteiger partial charge in [0.25, 0.3) is 0 Å². The van der Waals surface area contributed by atoms with Gasteiger partial charge in [-0.25, -0.2) is 0 Å². The topological polar surface area (TPSA) is 53.5 Å². The normalized spacial score (nSPS) is 20.4. The lowest BCUT2D eigenvalue weighted by Crippen LogP contribution is -3.14. The van der Waals surface area contributed by atoms with E-state index in [0.717, 1.165) is 30.2 Å². The number of aromatic nitrogens is 3. The van der Waals surface area contributed by atoms with Crippen molar-refractivity contribution in [3.8, 4) is 11.4 Å². The van der Waals surface area contributed by atoms with Gasteiger partial charge in [0.05, 0.1) is 13.7 Å². The third kappa shape index (κ3) is 3.80. The fraction of sp³-hybridized carbons (Fsp3) is 0.471. The van der Waals surface area contributed by atoms with Crippen molar-refractivity contribution in [3.63, 3.8) is 0 Å². The molecule has 0 saturated carbocycles. The highest BCUT2D eigenvalue weighted by Gasteiger charge is 2.30. The molecule has 1 aromatic heterocycles. The summed E-state index contributed by atoms with van der Waals surface area (Å²) in [5.74, 6) is 1.66. The van der Waals surface area contributed by atoms with Gasteiger partial charge in [-0.3, -0.25) is 4.79 Å². The molecular formula is C17H23N4O2S2+. The summed E-state index contributed by atoms with van der Waals surface area (Å²) >= 11 is 7.25. The SMILES string of the molecule is COC(=O)[C@H]1C[NH+](Cn2nc(-c3ccccc3C)n(C)c2=S)CCS1. The molecule has 8 heteroatoms. The molecule has 0 spiro atoms. The van der Waals surface area contributed by atoms with Crippen LogP contribution in [0.5, 0.6) is 0 Å². The Kier molecular flexibility index (Phi) is 5.61. The van der Waals surface area contributed by atoms with Crippen LogP contribution in [0.2, 0.25) is 0 Å². The van der Waals surface area contributed by atoms with Crippen molar-refractivity contribution in [2.75, 3.05) is 26.0 Å². The standard InChI is InChI=1S/C17H22N4O2S2/c1-12-6-4-5-7-13(12)15-18-21(17(24)19(15)2)11-20-8-9-25-14(10-20)16(22)23-3/h4-7,14H,8-11H2,1-3H3/p+1/t14-/m1/s1. The molecule has 1 fully saturated rings. The Labute approximate surface area is 156 Å². The van der Waals surface area contributed by atoms with Crippen molar-refractivity contribution in [2.24, 2.45) is 7.05 Å². The van der Waals surface area contributed by atoms with E-state index in [4.69, 9.17) is 22.1 Å². The maximum atomic E-state index is 11.8. The molecule has 6 nitrogen and oxygen atoms in total. The summed E-state index contributed by atoms with van der Waals surface area (Å²) in [6.07, 6.45) is 0. The summed E-state index contributed by atoms with van der Waals surface area (Å²) < 4.78 is 9.40. The highest BCUT2D eigenvalue weighted by atomic mass is 32.2. The maximum absolute atomic E-state index is 11.8. The lowest BCUT2D eigenvalue weighted by Gasteiger charge is -2.27. The third-order valence-corrected chi connectivity index (χ3v) is 6.20. The Morgan fingerprint density at radius 1 is 1.48 bits per heavy atom. The summed E-state index contributed by atoms with van der Waals surface area (Å²) in [6, 6.07) is 8.17. The molecule has 134 valence electrons. The van der Waals surface area contributed by atoms with Gasteiger partial charge >= 0.3 is 5.97 Å². The highest BCUT2D eigenvalue weighted by molar-refractivity contribution is 8.00. The molecule has 2 atom stereocenters. The lowest BCUT2D eigenvalue weighted by molar-refractivity contribution is -0.921. The number of hydrogen-bond acceptors (Lipinski definition) is 5. The van der Waals surface area contributed by atoms with Crippen molar-refractivity contribution >= 4 is 29.9 Å². The predicted molar refractivity (Wildman–Crippen MR) is 101 cm³/mol. The molecule has 0 bridgehead atoms. The van der Waals surface area contributed by atoms with Gasteiger partial charge < -0.3 is 14.2 Å². The number of nitrogens with zero attached hydrogens (tertiary/aromatic N) is 3. The van der Waals surface area contributed by atoms with E-state index in [9.17, 15) is 4.79 Å². The first-order chi connectivity index (χ1) is 12.0. The van der Waals surface area contributed by atoms with Crippen molar-refractivity contribution in [3.05, 3.63) is 34.6 Å². The van der Waals surface area contributed by atoms with Crippen LogP contribution in [-0.4, -0.2) is 51.5 Å². The number of thioether (sulfide) groups is 1. The van der Waals surface area contributed by atoms with Crippen LogP contribution in [0.25, 0.3) is 11.4 Å².